The smallest absolute Gasteiger partial charge is 0.278 e. The Hall–Kier alpha value is -2.18. The van der Waals surface area contributed by atoms with Crippen molar-refractivity contribution in [1.29, 1.82) is 0 Å². The highest BCUT2D eigenvalue weighted by Crippen LogP contribution is 2.26. The molecule has 19 heavy (non-hydrogen) atoms. The lowest BCUT2D eigenvalue weighted by Gasteiger charge is -2.21. The summed E-state index contributed by atoms with van der Waals surface area (Å²) in [6.07, 6.45) is 0. The molecule has 98 valence electrons. The number of benzene rings is 2. The van der Waals surface area contributed by atoms with Crippen LogP contribution in [-0.2, 0) is 10.1 Å². The summed E-state index contributed by atoms with van der Waals surface area (Å²) in [6.45, 7) is 0. The van der Waals surface area contributed by atoms with Crippen LogP contribution in [0.4, 0.5) is 16.2 Å². The number of carbonyl (C=O) groups excluding carboxylic acids is 1. The molecule has 0 heterocycles. The lowest BCUT2D eigenvalue weighted by molar-refractivity contribution is 0.262. The van der Waals surface area contributed by atoms with Gasteiger partial charge >= 0.3 is 15.4 Å². The molecule has 0 unspecified atom stereocenters. The number of hydrogen-bond donors (Lipinski definition) is 1. The minimum absolute atomic E-state index is 0.358. The first-order valence-electron chi connectivity index (χ1n) is 5.42. The fraction of sp³-hybridized carbons (Fsp3) is 0. The summed E-state index contributed by atoms with van der Waals surface area (Å²) in [5.41, 5.74) is 0.715. The van der Waals surface area contributed by atoms with E-state index in [2.05, 4.69) is 0 Å². The minimum Gasteiger partial charge on any atom is -0.278 e. The van der Waals surface area contributed by atoms with Crippen LogP contribution in [0.2, 0.25) is 0 Å². The van der Waals surface area contributed by atoms with E-state index in [4.69, 9.17) is 4.55 Å². The van der Waals surface area contributed by atoms with Crippen LogP contribution < -0.4 is 4.90 Å². The molecule has 2 aromatic carbocycles. The van der Waals surface area contributed by atoms with Crippen molar-refractivity contribution in [1.82, 2.24) is 0 Å². The number of hydrogen-bond acceptors (Lipinski definition) is 3. The predicted molar refractivity (Wildman–Crippen MR) is 72.0 cm³/mol. The van der Waals surface area contributed by atoms with Crippen LogP contribution >= 0.6 is 0 Å². The fourth-order valence-corrected chi connectivity index (χ4v) is 2.07. The molecule has 2 aromatic rings. The molecule has 0 radical (unpaired) electrons. The fourth-order valence-electron chi connectivity index (χ4n) is 1.63. The maximum Gasteiger partial charge on any atom is 0.375 e. The van der Waals surface area contributed by atoms with Crippen molar-refractivity contribution in [3.8, 4) is 0 Å². The van der Waals surface area contributed by atoms with E-state index in [0.717, 1.165) is 4.90 Å². The minimum atomic E-state index is -4.81. The topological polar surface area (TPSA) is 74.7 Å². The Kier molecular flexibility index (Phi) is 3.64. The number of anilines is 2. The Morgan fingerprint density at radius 1 is 0.842 bits per heavy atom. The zero-order chi connectivity index (χ0) is 13.9. The van der Waals surface area contributed by atoms with E-state index >= 15 is 0 Å². The molecular weight excluding hydrogens is 266 g/mol. The van der Waals surface area contributed by atoms with Gasteiger partial charge in [0.25, 0.3) is 0 Å². The molecular formula is C13H11NO4S. The van der Waals surface area contributed by atoms with Crippen LogP contribution in [0.15, 0.2) is 60.7 Å². The van der Waals surface area contributed by atoms with Gasteiger partial charge in [-0.2, -0.15) is 8.42 Å². The second-order valence-electron chi connectivity index (χ2n) is 3.75. The highest BCUT2D eigenvalue weighted by molar-refractivity contribution is 8.01. The summed E-state index contributed by atoms with van der Waals surface area (Å²) in [7, 11) is -4.81. The Morgan fingerprint density at radius 2 is 1.21 bits per heavy atom. The normalized spacial score (nSPS) is 11.0. The van der Waals surface area contributed by atoms with Crippen LogP contribution in [0.5, 0.6) is 0 Å². The third kappa shape index (κ3) is 2.98. The zero-order valence-electron chi connectivity index (χ0n) is 9.80. The molecule has 0 saturated heterocycles. The van der Waals surface area contributed by atoms with Gasteiger partial charge in [-0.1, -0.05) is 36.4 Å². The van der Waals surface area contributed by atoms with Crippen molar-refractivity contribution in [3.63, 3.8) is 0 Å². The molecule has 1 N–H and O–H groups in total. The molecule has 2 rings (SSSR count). The average molecular weight is 277 g/mol. The molecule has 0 bridgehead atoms. The number of carbonyl (C=O) groups is 1. The molecule has 0 saturated carbocycles. The Bertz CT molecular complexity index is 629. The first-order valence-corrected chi connectivity index (χ1v) is 6.86. The van der Waals surface area contributed by atoms with Gasteiger partial charge in [-0.05, 0) is 24.3 Å². The van der Waals surface area contributed by atoms with Gasteiger partial charge in [0.05, 0.1) is 0 Å². The molecule has 0 fully saturated rings. The first kappa shape index (κ1) is 13.3. The van der Waals surface area contributed by atoms with E-state index in [9.17, 15) is 13.2 Å². The molecule has 0 aromatic heterocycles. The molecule has 1 amide bonds. The van der Waals surface area contributed by atoms with Crippen LogP contribution in [-0.4, -0.2) is 18.2 Å². The quantitative estimate of drug-likeness (QED) is 0.856. The Balaban J connectivity index is 2.56. The van der Waals surface area contributed by atoms with Gasteiger partial charge in [0.2, 0.25) is 0 Å². The highest BCUT2D eigenvalue weighted by atomic mass is 32.2. The van der Waals surface area contributed by atoms with Crippen molar-refractivity contribution < 1.29 is 17.8 Å². The number of nitrogens with zero attached hydrogens (tertiary/aromatic N) is 1. The van der Waals surface area contributed by atoms with E-state index < -0.39 is 15.4 Å². The number of para-hydroxylation sites is 2. The Morgan fingerprint density at radius 3 is 1.53 bits per heavy atom. The molecule has 0 aliphatic carbocycles. The third-order valence-electron chi connectivity index (χ3n) is 2.43. The van der Waals surface area contributed by atoms with E-state index in [-0.39, 0.29) is 0 Å². The maximum absolute atomic E-state index is 11.9. The van der Waals surface area contributed by atoms with Crippen LogP contribution in [0.25, 0.3) is 0 Å². The molecule has 6 heteroatoms. The summed E-state index contributed by atoms with van der Waals surface area (Å²) < 4.78 is 31.1. The summed E-state index contributed by atoms with van der Waals surface area (Å²) in [4.78, 5) is 12.8. The summed E-state index contributed by atoms with van der Waals surface area (Å²) in [5.74, 6) is 0. The van der Waals surface area contributed by atoms with Crippen molar-refractivity contribution >= 4 is 26.7 Å². The van der Waals surface area contributed by atoms with Gasteiger partial charge in [0, 0.05) is 11.4 Å². The average Bonchev–Trinajstić information content (AvgIpc) is 2.40. The van der Waals surface area contributed by atoms with Gasteiger partial charge in [-0.3, -0.25) is 14.2 Å². The van der Waals surface area contributed by atoms with Gasteiger partial charge in [-0.15, -0.1) is 0 Å². The van der Waals surface area contributed by atoms with E-state index in [1.54, 1.807) is 60.7 Å². The number of amides is 1. The maximum atomic E-state index is 11.9. The van der Waals surface area contributed by atoms with Crippen molar-refractivity contribution in [2.24, 2.45) is 0 Å². The summed E-state index contributed by atoms with van der Waals surface area (Å²) >= 11 is 0. The standard InChI is InChI=1S/C13H11NO4S/c15-13(19(16,17)18)14(11-7-3-1-4-8-11)12-9-5-2-6-10-12/h1-10H,(H,16,17,18). The third-order valence-corrected chi connectivity index (χ3v) is 3.06. The SMILES string of the molecule is O=C(N(c1ccccc1)c1ccccc1)S(=O)(=O)O. The van der Waals surface area contributed by atoms with Crippen molar-refractivity contribution in [3.05, 3.63) is 60.7 Å². The second-order valence-corrected chi connectivity index (χ2v) is 5.05. The summed E-state index contributed by atoms with van der Waals surface area (Å²) in [5, 5.41) is -1.38. The van der Waals surface area contributed by atoms with E-state index in [1.165, 1.54) is 0 Å². The highest BCUT2D eigenvalue weighted by Gasteiger charge is 2.28. The van der Waals surface area contributed by atoms with E-state index in [0.29, 0.717) is 11.4 Å². The Labute approximate surface area is 110 Å². The van der Waals surface area contributed by atoms with Crippen LogP contribution in [0.3, 0.4) is 0 Å². The number of rotatable bonds is 2. The lowest BCUT2D eigenvalue weighted by atomic mass is 10.2. The summed E-state index contributed by atoms with van der Waals surface area (Å²) in [6, 6.07) is 16.5. The van der Waals surface area contributed by atoms with Crippen molar-refractivity contribution in [2.45, 2.75) is 0 Å². The lowest BCUT2D eigenvalue weighted by Crippen LogP contribution is -2.31. The van der Waals surface area contributed by atoms with Crippen LogP contribution in [0, 0.1) is 0 Å². The molecule has 5 nitrogen and oxygen atoms in total. The molecule has 0 spiro atoms. The molecule has 0 aliphatic rings. The largest absolute Gasteiger partial charge is 0.375 e. The van der Waals surface area contributed by atoms with E-state index in [1.807, 2.05) is 0 Å². The second kappa shape index (κ2) is 5.21. The van der Waals surface area contributed by atoms with Gasteiger partial charge in [0.15, 0.2) is 0 Å². The first-order chi connectivity index (χ1) is 9.00. The zero-order valence-corrected chi connectivity index (χ0v) is 10.6. The van der Waals surface area contributed by atoms with Gasteiger partial charge in [0.1, 0.15) is 0 Å². The van der Waals surface area contributed by atoms with Gasteiger partial charge in [-0.25, -0.2) is 0 Å². The van der Waals surface area contributed by atoms with Crippen LogP contribution in [0.1, 0.15) is 0 Å². The van der Waals surface area contributed by atoms with Crippen molar-refractivity contribution in [2.75, 3.05) is 4.90 Å². The van der Waals surface area contributed by atoms with Gasteiger partial charge < -0.3 is 0 Å². The predicted octanol–water partition coefficient (Wildman–Crippen LogP) is 2.83. The molecule has 0 aliphatic heterocycles. The monoisotopic (exact) mass is 277 g/mol. The molecule has 0 atom stereocenters.